The van der Waals surface area contributed by atoms with Crippen LogP contribution in [0.5, 0.6) is 0 Å². The van der Waals surface area contributed by atoms with Crippen molar-refractivity contribution in [3.8, 4) is 0 Å². The maximum atomic E-state index is 12.0. The van der Waals surface area contributed by atoms with Crippen molar-refractivity contribution in [2.24, 2.45) is 0 Å². The van der Waals surface area contributed by atoms with E-state index in [1.54, 1.807) is 12.1 Å². The van der Waals surface area contributed by atoms with E-state index in [0.29, 0.717) is 11.6 Å². The van der Waals surface area contributed by atoms with Crippen LogP contribution in [0.1, 0.15) is 17.9 Å². The first-order valence-corrected chi connectivity index (χ1v) is 5.66. The molecule has 1 heterocycles. The molecule has 1 fully saturated rings. The lowest BCUT2D eigenvalue weighted by Crippen LogP contribution is -2.21. The third-order valence-electron chi connectivity index (χ3n) is 2.94. The van der Waals surface area contributed by atoms with Crippen molar-refractivity contribution < 1.29 is 13.2 Å². The van der Waals surface area contributed by atoms with Gasteiger partial charge < -0.3 is 10.6 Å². The van der Waals surface area contributed by atoms with Gasteiger partial charge in [0.2, 0.25) is 0 Å². The fourth-order valence-corrected chi connectivity index (χ4v) is 2.01. The SMILES string of the molecule is FC(F)(F)CNc1ccc(C2CCNC2)cc1. The van der Waals surface area contributed by atoms with Gasteiger partial charge in [-0.1, -0.05) is 12.1 Å². The van der Waals surface area contributed by atoms with E-state index in [4.69, 9.17) is 0 Å². The van der Waals surface area contributed by atoms with Crippen LogP contribution in [0.3, 0.4) is 0 Å². The van der Waals surface area contributed by atoms with Crippen LogP contribution < -0.4 is 10.6 Å². The van der Waals surface area contributed by atoms with Gasteiger partial charge in [-0.05, 0) is 36.6 Å². The smallest absolute Gasteiger partial charge is 0.376 e. The van der Waals surface area contributed by atoms with E-state index in [1.807, 2.05) is 12.1 Å². The maximum absolute atomic E-state index is 12.0. The van der Waals surface area contributed by atoms with Gasteiger partial charge in [-0.15, -0.1) is 0 Å². The first-order valence-electron chi connectivity index (χ1n) is 5.66. The fourth-order valence-electron chi connectivity index (χ4n) is 2.01. The zero-order chi connectivity index (χ0) is 12.3. The van der Waals surface area contributed by atoms with Crippen LogP contribution in [-0.4, -0.2) is 25.8 Å². The summed E-state index contributed by atoms with van der Waals surface area (Å²) in [5.41, 5.74) is 1.70. The van der Waals surface area contributed by atoms with Crippen molar-refractivity contribution >= 4 is 5.69 Å². The monoisotopic (exact) mass is 244 g/mol. The highest BCUT2D eigenvalue weighted by atomic mass is 19.4. The van der Waals surface area contributed by atoms with Gasteiger partial charge in [-0.3, -0.25) is 0 Å². The Labute approximate surface area is 98.2 Å². The zero-order valence-corrected chi connectivity index (χ0v) is 9.35. The Balaban J connectivity index is 1.93. The van der Waals surface area contributed by atoms with Gasteiger partial charge in [0.25, 0.3) is 0 Å². The predicted molar refractivity (Wildman–Crippen MR) is 61.2 cm³/mol. The maximum Gasteiger partial charge on any atom is 0.405 e. The molecule has 5 heteroatoms. The molecule has 2 rings (SSSR count). The molecule has 0 amide bonds. The lowest BCUT2D eigenvalue weighted by atomic mass is 9.98. The number of hydrogen-bond donors (Lipinski definition) is 2. The van der Waals surface area contributed by atoms with Crippen LogP contribution in [-0.2, 0) is 0 Å². The van der Waals surface area contributed by atoms with Crippen LogP contribution in [0.15, 0.2) is 24.3 Å². The van der Waals surface area contributed by atoms with E-state index >= 15 is 0 Å². The number of hydrogen-bond acceptors (Lipinski definition) is 2. The molecule has 0 radical (unpaired) electrons. The van der Waals surface area contributed by atoms with Crippen LogP contribution >= 0.6 is 0 Å². The van der Waals surface area contributed by atoms with Gasteiger partial charge in [-0.25, -0.2) is 0 Å². The van der Waals surface area contributed by atoms with Crippen LogP contribution in [0.4, 0.5) is 18.9 Å². The Morgan fingerprint density at radius 2 is 1.94 bits per heavy atom. The zero-order valence-electron chi connectivity index (χ0n) is 9.35. The largest absolute Gasteiger partial charge is 0.405 e. The van der Waals surface area contributed by atoms with Crippen molar-refractivity contribution in [3.05, 3.63) is 29.8 Å². The van der Waals surface area contributed by atoms with Crippen molar-refractivity contribution in [2.75, 3.05) is 25.0 Å². The van der Waals surface area contributed by atoms with Crippen LogP contribution in [0.2, 0.25) is 0 Å². The lowest BCUT2D eigenvalue weighted by molar-refractivity contribution is -0.115. The summed E-state index contributed by atoms with van der Waals surface area (Å²) in [4.78, 5) is 0. The van der Waals surface area contributed by atoms with E-state index in [-0.39, 0.29) is 0 Å². The van der Waals surface area contributed by atoms with Crippen LogP contribution in [0.25, 0.3) is 0 Å². The molecule has 17 heavy (non-hydrogen) atoms. The predicted octanol–water partition coefficient (Wildman–Crippen LogP) is 2.74. The first kappa shape index (κ1) is 12.2. The Kier molecular flexibility index (Phi) is 3.57. The molecule has 1 unspecified atom stereocenters. The molecule has 0 aromatic heterocycles. The summed E-state index contributed by atoms with van der Waals surface area (Å²) in [6, 6.07) is 7.21. The molecular weight excluding hydrogens is 229 g/mol. The average molecular weight is 244 g/mol. The molecular formula is C12H15F3N2. The topological polar surface area (TPSA) is 24.1 Å². The summed E-state index contributed by atoms with van der Waals surface area (Å²) in [6.07, 6.45) is -3.08. The Morgan fingerprint density at radius 3 is 2.47 bits per heavy atom. The second-order valence-corrected chi connectivity index (χ2v) is 4.28. The second-order valence-electron chi connectivity index (χ2n) is 4.28. The highest BCUT2D eigenvalue weighted by Crippen LogP contribution is 2.24. The molecule has 1 aliphatic heterocycles. The standard InChI is InChI=1S/C12H15F3N2/c13-12(14,15)8-17-11-3-1-9(2-4-11)10-5-6-16-7-10/h1-4,10,16-17H,5-8H2. The average Bonchev–Trinajstić information content (AvgIpc) is 2.79. The summed E-state index contributed by atoms with van der Waals surface area (Å²) in [6.45, 7) is 0.978. The quantitative estimate of drug-likeness (QED) is 0.854. The minimum Gasteiger partial charge on any atom is -0.376 e. The molecule has 1 aromatic carbocycles. The summed E-state index contributed by atoms with van der Waals surface area (Å²) in [5, 5.41) is 5.63. The molecule has 2 N–H and O–H groups in total. The summed E-state index contributed by atoms with van der Waals surface area (Å²) in [5.74, 6) is 0.492. The van der Waals surface area contributed by atoms with E-state index in [1.165, 1.54) is 5.56 Å². The molecule has 2 nitrogen and oxygen atoms in total. The van der Waals surface area contributed by atoms with E-state index < -0.39 is 12.7 Å². The highest BCUT2D eigenvalue weighted by Gasteiger charge is 2.26. The molecule has 1 aliphatic rings. The number of rotatable bonds is 3. The Hall–Kier alpha value is -1.23. The minimum absolute atomic E-state index is 0.492. The summed E-state index contributed by atoms with van der Waals surface area (Å²) in [7, 11) is 0. The number of nitrogens with one attached hydrogen (secondary N) is 2. The van der Waals surface area contributed by atoms with Gasteiger partial charge in [0.15, 0.2) is 0 Å². The molecule has 0 saturated carbocycles. The molecule has 0 aliphatic carbocycles. The third kappa shape index (κ3) is 3.63. The van der Waals surface area contributed by atoms with E-state index in [2.05, 4.69) is 10.6 Å². The fraction of sp³-hybridized carbons (Fsp3) is 0.500. The van der Waals surface area contributed by atoms with Crippen molar-refractivity contribution in [2.45, 2.75) is 18.5 Å². The molecule has 0 bridgehead atoms. The highest BCUT2D eigenvalue weighted by molar-refractivity contribution is 5.45. The number of anilines is 1. The van der Waals surface area contributed by atoms with Gasteiger partial charge >= 0.3 is 6.18 Å². The number of alkyl halides is 3. The van der Waals surface area contributed by atoms with Crippen molar-refractivity contribution in [3.63, 3.8) is 0 Å². The molecule has 94 valence electrons. The molecule has 1 saturated heterocycles. The van der Waals surface area contributed by atoms with Gasteiger partial charge in [0.1, 0.15) is 6.54 Å². The lowest BCUT2D eigenvalue weighted by Gasteiger charge is -2.12. The van der Waals surface area contributed by atoms with E-state index in [0.717, 1.165) is 19.5 Å². The molecule has 1 atom stereocenters. The van der Waals surface area contributed by atoms with Gasteiger partial charge in [0.05, 0.1) is 0 Å². The Morgan fingerprint density at radius 1 is 1.24 bits per heavy atom. The number of benzene rings is 1. The van der Waals surface area contributed by atoms with Crippen molar-refractivity contribution in [1.29, 1.82) is 0 Å². The molecule has 0 spiro atoms. The normalized spacial score (nSPS) is 20.5. The summed E-state index contributed by atoms with van der Waals surface area (Å²) >= 11 is 0. The minimum atomic E-state index is -4.17. The third-order valence-corrected chi connectivity index (χ3v) is 2.94. The van der Waals surface area contributed by atoms with Gasteiger partial charge in [0, 0.05) is 12.2 Å². The van der Waals surface area contributed by atoms with E-state index in [9.17, 15) is 13.2 Å². The van der Waals surface area contributed by atoms with Crippen molar-refractivity contribution in [1.82, 2.24) is 5.32 Å². The first-order chi connectivity index (χ1) is 8.04. The number of halogens is 3. The second kappa shape index (κ2) is 4.96. The molecule has 1 aromatic rings. The van der Waals surface area contributed by atoms with Gasteiger partial charge in [-0.2, -0.15) is 13.2 Å². The summed E-state index contributed by atoms with van der Waals surface area (Å²) < 4.78 is 36.0. The van der Waals surface area contributed by atoms with Crippen LogP contribution in [0, 0.1) is 0 Å². The Bertz CT molecular complexity index is 353.